The van der Waals surface area contributed by atoms with Gasteiger partial charge >= 0.3 is 0 Å². The molecule has 2 unspecified atom stereocenters. The third-order valence-electron chi connectivity index (χ3n) is 5.74. The second-order valence-electron chi connectivity index (χ2n) is 7.95. The van der Waals surface area contributed by atoms with Crippen molar-refractivity contribution >= 4 is 23.2 Å². The highest BCUT2D eigenvalue weighted by Crippen LogP contribution is 2.46. The predicted molar refractivity (Wildman–Crippen MR) is 142 cm³/mol. The highest BCUT2D eigenvalue weighted by Gasteiger charge is 2.48. The van der Waals surface area contributed by atoms with Crippen molar-refractivity contribution < 1.29 is 14.2 Å². The highest BCUT2D eigenvalue weighted by molar-refractivity contribution is 6.30. The van der Waals surface area contributed by atoms with Gasteiger partial charge in [0.1, 0.15) is 0 Å². The van der Waals surface area contributed by atoms with Crippen molar-refractivity contribution in [2.24, 2.45) is 0 Å². The van der Waals surface area contributed by atoms with Gasteiger partial charge in [-0.25, -0.2) is 0 Å². The molecule has 0 N–H and O–H groups in total. The summed E-state index contributed by atoms with van der Waals surface area (Å²) in [6, 6.07) is 34.8. The van der Waals surface area contributed by atoms with Crippen LogP contribution in [-0.2, 0) is 25.8 Å². The Morgan fingerprint density at radius 1 is 0.486 bits per heavy atom. The van der Waals surface area contributed by atoms with Gasteiger partial charge in [0.25, 0.3) is 0 Å². The van der Waals surface area contributed by atoms with Gasteiger partial charge in [-0.2, -0.15) is 0 Å². The molecule has 35 heavy (non-hydrogen) atoms. The lowest BCUT2D eigenvalue weighted by atomic mass is 9.92. The molecule has 2 atom stereocenters. The van der Waals surface area contributed by atoms with Crippen LogP contribution in [0.3, 0.4) is 0 Å². The fraction of sp³-hybridized carbons (Fsp3) is 0.200. The van der Waals surface area contributed by atoms with Gasteiger partial charge in [0.2, 0.25) is 11.6 Å². The maximum absolute atomic E-state index is 7.20. The molecular formula is C30H28Cl2O3. The number of rotatable bonds is 10. The zero-order valence-corrected chi connectivity index (χ0v) is 21.3. The van der Waals surface area contributed by atoms with Crippen LogP contribution in [0.2, 0.25) is 10.0 Å². The number of hydrogen-bond acceptors (Lipinski definition) is 3. The minimum atomic E-state index is -1.30. The molecule has 0 aliphatic carbocycles. The van der Waals surface area contributed by atoms with Crippen molar-refractivity contribution in [3.63, 3.8) is 0 Å². The molecule has 4 aromatic carbocycles. The van der Waals surface area contributed by atoms with E-state index in [1.54, 1.807) is 0 Å². The molecule has 180 valence electrons. The molecule has 5 heteroatoms. The predicted octanol–water partition coefficient (Wildman–Crippen LogP) is 8.19. The molecule has 4 rings (SSSR count). The van der Waals surface area contributed by atoms with Gasteiger partial charge < -0.3 is 14.2 Å². The quantitative estimate of drug-likeness (QED) is 0.203. The summed E-state index contributed by atoms with van der Waals surface area (Å²) >= 11 is 12.5. The molecule has 0 aliphatic rings. The van der Waals surface area contributed by atoms with Gasteiger partial charge in [0.15, 0.2) is 0 Å². The second-order valence-corrected chi connectivity index (χ2v) is 8.82. The average Bonchev–Trinajstić information content (AvgIpc) is 2.90. The first-order valence-electron chi connectivity index (χ1n) is 11.7. The Hall–Kier alpha value is -2.66. The normalized spacial score (nSPS) is 14.7. The minimum absolute atomic E-state index is 0.398. The lowest BCUT2D eigenvalue weighted by Gasteiger charge is -2.44. The monoisotopic (exact) mass is 506 g/mol. The molecule has 3 nitrogen and oxygen atoms in total. The van der Waals surface area contributed by atoms with E-state index in [0.29, 0.717) is 23.3 Å². The van der Waals surface area contributed by atoms with Crippen LogP contribution in [0, 0.1) is 0 Å². The van der Waals surface area contributed by atoms with Gasteiger partial charge in [-0.05, 0) is 38.1 Å². The van der Waals surface area contributed by atoms with Crippen molar-refractivity contribution in [1.82, 2.24) is 0 Å². The summed E-state index contributed by atoms with van der Waals surface area (Å²) in [4.78, 5) is 0. The maximum atomic E-state index is 7.20. The molecule has 0 amide bonds. The highest BCUT2D eigenvalue weighted by atomic mass is 35.5. The first-order valence-corrected chi connectivity index (χ1v) is 12.4. The average molecular weight is 507 g/mol. The van der Waals surface area contributed by atoms with Crippen LogP contribution >= 0.6 is 23.2 Å². The van der Waals surface area contributed by atoms with E-state index in [-0.39, 0.29) is 0 Å². The lowest BCUT2D eigenvalue weighted by Crippen LogP contribution is -2.46. The van der Waals surface area contributed by atoms with Crippen LogP contribution in [0.15, 0.2) is 109 Å². The summed E-state index contributed by atoms with van der Waals surface area (Å²) in [5.74, 6) is -2.60. The van der Waals surface area contributed by atoms with Gasteiger partial charge in [-0.3, -0.25) is 0 Å². The number of ether oxygens (including phenoxy) is 3. The van der Waals surface area contributed by atoms with E-state index >= 15 is 0 Å². The van der Waals surface area contributed by atoms with Crippen LogP contribution < -0.4 is 0 Å². The number of benzene rings is 4. The van der Waals surface area contributed by atoms with Crippen molar-refractivity contribution in [1.29, 1.82) is 0 Å². The van der Waals surface area contributed by atoms with Crippen LogP contribution in [0.5, 0.6) is 0 Å². The molecule has 0 saturated carbocycles. The van der Waals surface area contributed by atoms with Gasteiger partial charge in [-0.15, -0.1) is 0 Å². The molecule has 0 spiro atoms. The van der Waals surface area contributed by atoms with E-state index in [2.05, 4.69) is 0 Å². The van der Waals surface area contributed by atoms with Crippen molar-refractivity contribution in [3.05, 3.63) is 141 Å². The summed E-state index contributed by atoms with van der Waals surface area (Å²) in [5.41, 5.74) is 3.25. The van der Waals surface area contributed by atoms with E-state index < -0.39 is 11.6 Å². The molecule has 0 saturated heterocycles. The van der Waals surface area contributed by atoms with Crippen LogP contribution in [0.4, 0.5) is 0 Å². The molecule has 0 bridgehead atoms. The third kappa shape index (κ3) is 5.30. The Balaban J connectivity index is 2.02. The van der Waals surface area contributed by atoms with Gasteiger partial charge in [0, 0.05) is 45.5 Å². The zero-order valence-electron chi connectivity index (χ0n) is 19.8. The Morgan fingerprint density at radius 2 is 0.800 bits per heavy atom. The summed E-state index contributed by atoms with van der Waals surface area (Å²) in [6.07, 6.45) is 0. The molecule has 0 radical (unpaired) electrons. The van der Waals surface area contributed by atoms with Crippen LogP contribution in [0.25, 0.3) is 0 Å². The molecule has 4 aromatic rings. The topological polar surface area (TPSA) is 27.7 Å². The standard InChI is InChI=1S/C30H28Cl2O3/c1-3-33-29(23-11-7-5-8-12-23,25-15-19-27(31)20-16-25)35-30(34-4-2,24-13-9-6-10-14-24)26-17-21-28(32)22-18-26/h5-22H,3-4H2,1-2H3. The zero-order chi connectivity index (χ0) is 24.7. The maximum Gasteiger partial charge on any atom is 0.225 e. The van der Waals surface area contributed by atoms with Crippen LogP contribution in [-0.4, -0.2) is 13.2 Å². The Morgan fingerprint density at radius 3 is 1.11 bits per heavy atom. The Bertz CT molecular complexity index is 1100. The number of halogens is 2. The van der Waals surface area contributed by atoms with Crippen LogP contribution in [0.1, 0.15) is 36.1 Å². The van der Waals surface area contributed by atoms with E-state index in [4.69, 9.17) is 37.4 Å². The first-order chi connectivity index (χ1) is 17.0. The summed E-state index contributed by atoms with van der Waals surface area (Å²) in [5, 5.41) is 1.26. The second kappa shape index (κ2) is 11.4. The molecule has 0 fully saturated rings. The van der Waals surface area contributed by atoms with Gasteiger partial charge in [-0.1, -0.05) is 108 Å². The lowest BCUT2D eigenvalue weighted by molar-refractivity contribution is -0.341. The van der Waals surface area contributed by atoms with E-state index in [9.17, 15) is 0 Å². The fourth-order valence-corrected chi connectivity index (χ4v) is 4.48. The SMILES string of the molecule is CCOC(OC(OCC)(c1ccccc1)c1ccc(Cl)cc1)(c1ccccc1)c1ccc(Cl)cc1. The van der Waals surface area contributed by atoms with E-state index in [1.165, 1.54) is 0 Å². The van der Waals surface area contributed by atoms with E-state index in [1.807, 2.05) is 123 Å². The third-order valence-corrected chi connectivity index (χ3v) is 6.24. The summed E-state index contributed by atoms with van der Waals surface area (Å²) in [7, 11) is 0. The molecule has 0 aromatic heterocycles. The minimum Gasteiger partial charge on any atom is -0.342 e. The summed E-state index contributed by atoms with van der Waals surface area (Å²) in [6.45, 7) is 4.69. The molecule has 0 heterocycles. The van der Waals surface area contributed by atoms with Crippen molar-refractivity contribution in [2.75, 3.05) is 13.2 Å². The first kappa shape index (κ1) is 25.4. The Labute approximate surface area is 217 Å². The molecule has 0 aliphatic heterocycles. The van der Waals surface area contributed by atoms with E-state index in [0.717, 1.165) is 22.3 Å². The summed E-state index contributed by atoms with van der Waals surface area (Å²) < 4.78 is 20.3. The largest absolute Gasteiger partial charge is 0.342 e. The van der Waals surface area contributed by atoms with Crippen molar-refractivity contribution in [2.45, 2.75) is 25.4 Å². The van der Waals surface area contributed by atoms with Crippen molar-refractivity contribution in [3.8, 4) is 0 Å². The fourth-order valence-electron chi connectivity index (χ4n) is 4.22. The Kier molecular flexibility index (Phi) is 8.27. The smallest absolute Gasteiger partial charge is 0.225 e. The number of hydrogen-bond donors (Lipinski definition) is 0. The molecular weight excluding hydrogens is 479 g/mol. The van der Waals surface area contributed by atoms with Gasteiger partial charge in [0.05, 0.1) is 0 Å².